The Morgan fingerprint density at radius 2 is 2.05 bits per heavy atom. The molecule has 112 valence electrons. The van der Waals surface area contributed by atoms with E-state index in [0.717, 1.165) is 6.42 Å². The molecule has 1 amide bonds. The van der Waals surface area contributed by atoms with E-state index in [9.17, 15) is 4.79 Å². The molecule has 1 aromatic rings. The van der Waals surface area contributed by atoms with E-state index in [1.54, 1.807) is 25.3 Å². The van der Waals surface area contributed by atoms with Crippen molar-refractivity contribution in [2.45, 2.75) is 27.2 Å². The molecule has 0 unspecified atom stereocenters. The molecule has 0 radical (unpaired) electrons. The van der Waals surface area contributed by atoms with Gasteiger partial charge in [0.15, 0.2) is 0 Å². The number of benzene rings is 1. The predicted molar refractivity (Wildman–Crippen MR) is 80.9 cm³/mol. The van der Waals surface area contributed by atoms with Gasteiger partial charge in [0.25, 0.3) is 0 Å². The summed E-state index contributed by atoms with van der Waals surface area (Å²) in [5.74, 6) is 0.442. The van der Waals surface area contributed by atoms with Crippen LogP contribution in [0, 0.1) is 5.41 Å². The van der Waals surface area contributed by atoms with E-state index in [1.165, 1.54) is 0 Å². The Hall–Kier alpha value is -1.75. The van der Waals surface area contributed by atoms with Crippen LogP contribution in [0.25, 0.3) is 0 Å². The van der Waals surface area contributed by atoms with E-state index in [-0.39, 0.29) is 17.9 Å². The number of methoxy groups -OCH3 is 1. The van der Waals surface area contributed by atoms with Crippen molar-refractivity contribution in [2.24, 2.45) is 5.41 Å². The third-order valence-electron chi connectivity index (χ3n) is 2.76. The van der Waals surface area contributed by atoms with Gasteiger partial charge in [0.05, 0.1) is 18.5 Å². The van der Waals surface area contributed by atoms with Crippen LogP contribution in [0.3, 0.4) is 0 Å². The number of nitrogen functional groups attached to an aromatic ring is 1. The highest BCUT2D eigenvalue weighted by atomic mass is 16.5. The molecular weight excluding hydrogens is 256 g/mol. The summed E-state index contributed by atoms with van der Waals surface area (Å²) >= 11 is 0. The molecule has 0 aliphatic carbocycles. The number of carbonyl (C=O) groups is 1. The van der Waals surface area contributed by atoms with Gasteiger partial charge in [0.1, 0.15) is 12.4 Å². The van der Waals surface area contributed by atoms with Gasteiger partial charge in [-0.2, -0.15) is 0 Å². The minimum atomic E-state index is -0.212. The van der Waals surface area contributed by atoms with Gasteiger partial charge in [-0.15, -0.1) is 0 Å². The first-order chi connectivity index (χ1) is 9.31. The number of amides is 1. The van der Waals surface area contributed by atoms with Gasteiger partial charge in [-0.25, -0.2) is 0 Å². The molecule has 1 aromatic carbocycles. The Balaban J connectivity index is 2.39. The van der Waals surface area contributed by atoms with Gasteiger partial charge >= 0.3 is 0 Å². The average Bonchev–Trinajstić information content (AvgIpc) is 2.36. The Labute approximate surface area is 120 Å². The van der Waals surface area contributed by atoms with Gasteiger partial charge in [-0.05, 0) is 24.0 Å². The molecule has 0 heterocycles. The Kier molecular flexibility index (Phi) is 5.82. The molecule has 0 saturated carbocycles. The molecule has 0 aliphatic heterocycles. The van der Waals surface area contributed by atoms with Crippen molar-refractivity contribution in [1.29, 1.82) is 0 Å². The first-order valence-corrected chi connectivity index (χ1v) is 6.63. The predicted octanol–water partition coefficient (Wildman–Crippen LogP) is 2.67. The molecule has 0 spiro atoms. The zero-order valence-corrected chi connectivity index (χ0v) is 12.7. The third kappa shape index (κ3) is 5.93. The lowest BCUT2D eigenvalue weighted by Gasteiger charge is -2.17. The quantitative estimate of drug-likeness (QED) is 0.620. The fourth-order valence-electron chi connectivity index (χ4n) is 1.51. The van der Waals surface area contributed by atoms with Crippen molar-refractivity contribution in [3.8, 4) is 5.75 Å². The number of nitrogens with one attached hydrogen (secondary N) is 1. The lowest BCUT2D eigenvalue weighted by atomic mass is 9.93. The van der Waals surface area contributed by atoms with Crippen molar-refractivity contribution in [2.75, 3.05) is 31.4 Å². The summed E-state index contributed by atoms with van der Waals surface area (Å²) in [5.41, 5.74) is 7.06. The van der Waals surface area contributed by atoms with Crippen LogP contribution < -0.4 is 15.8 Å². The van der Waals surface area contributed by atoms with Crippen LogP contribution in [-0.2, 0) is 9.53 Å². The maximum Gasteiger partial charge on any atom is 0.250 e. The summed E-state index contributed by atoms with van der Waals surface area (Å²) in [6.45, 7) is 6.99. The number of anilines is 2. The zero-order chi connectivity index (χ0) is 15.2. The first kappa shape index (κ1) is 16.3. The highest BCUT2D eigenvalue weighted by Gasteiger charge is 2.11. The van der Waals surface area contributed by atoms with Crippen LogP contribution in [-0.4, -0.2) is 26.2 Å². The molecule has 5 heteroatoms. The summed E-state index contributed by atoms with van der Waals surface area (Å²) in [5, 5.41) is 2.71. The molecule has 0 aromatic heterocycles. The van der Waals surface area contributed by atoms with Gasteiger partial charge in [0.2, 0.25) is 5.91 Å². The van der Waals surface area contributed by atoms with Gasteiger partial charge in [-0.3, -0.25) is 4.79 Å². The minimum absolute atomic E-state index is 0.0293. The third-order valence-corrected chi connectivity index (χ3v) is 2.76. The number of carbonyl (C=O) groups excluding carboxylic acids is 1. The van der Waals surface area contributed by atoms with E-state index in [1.807, 2.05) is 0 Å². The molecule has 20 heavy (non-hydrogen) atoms. The average molecular weight is 280 g/mol. The molecule has 1 rings (SSSR count). The molecule has 3 N–H and O–H groups in total. The maximum atomic E-state index is 11.7. The summed E-state index contributed by atoms with van der Waals surface area (Å²) in [4.78, 5) is 11.7. The normalized spacial score (nSPS) is 11.2. The first-order valence-electron chi connectivity index (χ1n) is 6.63. The van der Waals surface area contributed by atoms with Crippen LogP contribution in [0.5, 0.6) is 5.75 Å². The van der Waals surface area contributed by atoms with Crippen LogP contribution >= 0.6 is 0 Å². The van der Waals surface area contributed by atoms with Crippen LogP contribution in [0.2, 0.25) is 0 Å². The monoisotopic (exact) mass is 280 g/mol. The summed E-state index contributed by atoms with van der Waals surface area (Å²) in [6.07, 6.45) is 0.908. The Morgan fingerprint density at radius 1 is 1.35 bits per heavy atom. The Morgan fingerprint density at radius 3 is 2.60 bits per heavy atom. The summed E-state index contributed by atoms with van der Waals surface area (Å²) in [7, 11) is 1.57. The largest absolute Gasteiger partial charge is 0.497 e. The summed E-state index contributed by atoms with van der Waals surface area (Å²) < 4.78 is 10.4. The van der Waals surface area contributed by atoms with Crippen molar-refractivity contribution in [3.05, 3.63) is 18.2 Å². The standard InChI is InChI=1S/C15H24N2O3/c1-15(2,3)7-8-20-10-14(18)17-13-6-5-11(19-4)9-12(13)16/h5-6,9H,7-8,10,16H2,1-4H3,(H,17,18). The lowest BCUT2D eigenvalue weighted by molar-refractivity contribution is -0.120. The number of rotatable bonds is 6. The fraction of sp³-hybridized carbons (Fsp3) is 0.533. The van der Waals surface area contributed by atoms with Crippen molar-refractivity contribution in [1.82, 2.24) is 0 Å². The Bertz CT molecular complexity index is 453. The minimum Gasteiger partial charge on any atom is -0.497 e. The lowest BCUT2D eigenvalue weighted by Crippen LogP contribution is -2.20. The zero-order valence-electron chi connectivity index (χ0n) is 12.7. The molecule has 0 atom stereocenters. The van der Waals surface area contributed by atoms with E-state index in [0.29, 0.717) is 23.7 Å². The van der Waals surface area contributed by atoms with Crippen molar-refractivity contribution < 1.29 is 14.3 Å². The van der Waals surface area contributed by atoms with Crippen molar-refractivity contribution in [3.63, 3.8) is 0 Å². The van der Waals surface area contributed by atoms with Crippen LogP contribution in [0.1, 0.15) is 27.2 Å². The number of hydrogen-bond donors (Lipinski definition) is 2. The second-order valence-electron chi connectivity index (χ2n) is 5.86. The van der Waals surface area contributed by atoms with E-state index in [4.69, 9.17) is 15.2 Å². The number of hydrogen-bond acceptors (Lipinski definition) is 4. The van der Waals surface area contributed by atoms with E-state index < -0.39 is 0 Å². The smallest absolute Gasteiger partial charge is 0.250 e. The highest BCUT2D eigenvalue weighted by Crippen LogP contribution is 2.24. The summed E-state index contributed by atoms with van der Waals surface area (Å²) in [6, 6.07) is 5.11. The molecule has 0 bridgehead atoms. The van der Waals surface area contributed by atoms with Crippen molar-refractivity contribution >= 4 is 17.3 Å². The second kappa shape index (κ2) is 7.14. The maximum absolute atomic E-state index is 11.7. The van der Waals surface area contributed by atoms with E-state index in [2.05, 4.69) is 26.1 Å². The van der Waals surface area contributed by atoms with Gasteiger partial charge in [0, 0.05) is 12.7 Å². The van der Waals surface area contributed by atoms with Crippen LogP contribution in [0.4, 0.5) is 11.4 Å². The fourth-order valence-corrected chi connectivity index (χ4v) is 1.51. The molecule has 5 nitrogen and oxygen atoms in total. The van der Waals surface area contributed by atoms with Crippen LogP contribution in [0.15, 0.2) is 18.2 Å². The van der Waals surface area contributed by atoms with Gasteiger partial charge < -0.3 is 20.5 Å². The number of ether oxygens (including phenoxy) is 2. The highest BCUT2D eigenvalue weighted by molar-refractivity contribution is 5.94. The molecule has 0 saturated heterocycles. The topological polar surface area (TPSA) is 73.6 Å². The SMILES string of the molecule is COc1ccc(NC(=O)COCCC(C)(C)C)c(N)c1. The number of nitrogens with two attached hydrogens (primary N) is 1. The van der Waals surface area contributed by atoms with Gasteiger partial charge in [-0.1, -0.05) is 20.8 Å². The van der Waals surface area contributed by atoms with E-state index >= 15 is 0 Å². The molecule has 0 fully saturated rings. The molecular formula is C15H24N2O3. The second-order valence-corrected chi connectivity index (χ2v) is 5.86. The molecule has 0 aliphatic rings.